The van der Waals surface area contributed by atoms with E-state index >= 15 is 0 Å². The fourth-order valence-electron chi connectivity index (χ4n) is 9.84. The third-order valence-electron chi connectivity index (χ3n) is 10.8. The maximum absolute atomic E-state index is 13.7. The molecular formula is C32H43N3O4. The molecule has 210 valence electrons. The molecule has 6 fully saturated rings. The van der Waals surface area contributed by atoms with Gasteiger partial charge in [-0.05, 0) is 120 Å². The average Bonchev–Trinajstić information content (AvgIpc) is 3.61. The van der Waals surface area contributed by atoms with Gasteiger partial charge in [0.05, 0.1) is 18.1 Å². The zero-order valence-corrected chi connectivity index (χ0v) is 23.9. The minimum absolute atomic E-state index is 0.0265. The molecule has 1 aromatic carbocycles. The number of rotatable bonds is 6. The Morgan fingerprint density at radius 2 is 1.82 bits per heavy atom. The summed E-state index contributed by atoms with van der Waals surface area (Å²) in [6.45, 7) is 6.46. The number of fused-ring (bicyclic) bond motifs is 3. The zero-order chi connectivity index (χ0) is 27.2. The molecular weight excluding hydrogens is 490 g/mol. The lowest BCUT2D eigenvalue weighted by atomic mass is 9.44. The van der Waals surface area contributed by atoms with Crippen LogP contribution in [0.3, 0.4) is 0 Å². The largest absolute Gasteiger partial charge is 0.494 e. The molecule has 6 saturated carbocycles. The van der Waals surface area contributed by atoms with Crippen molar-refractivity contribution in [3.63, 3.8) is 0 Å². The molecule has 0 radical (unpaired) electrons. The third-order valence-corrected chi connectivity index (χ3v) is 10.8. The second-order valence-electron chi connectivity index (χ2n) is 14.9. The van der Waals surface area contributed by atoms with Gasteiger partial charge in [0.2, 0.25) is 0 Å². The van der Waals surface area contributed by atoms with Crippen LogP contribution in [0.15, 0.2) is 12.1 Å². The lowest BCUT2D eigenvalue weighted by Gasteiger charge is -2.61. The number of esters is 1. The van der Waals surface area contributed by atoms with Gasteiger partial charge in [0.25, 0.3) is 5.91 Å². The SMILES string of the molecule is COc1ccc(C(=O)NCC23CC4CC(C2)CC(C(=O)OC(C)(C)C)(C4)C3)c2nc(C3CC4CCC3C4)[nH]c12. The Kier molecular flexibility index (Phi) is 5.67. The summed E-state index contributed by atoms with van der Waals surface area (Å²) >= 11 is 0. The fraction of sp³-hybridized carbons (Fsp3) is 0.719. The first-order valence-corrected chi connectivity index (χ1v) is 15.1. The summed E-state index contributed by atoms with van der Waals surface area (Å²) in [5, 5.41) is 3.31. The van der Waals surface area contributed by atoms with Gasteiger partial charge in [0.1, 0.15) is 28.2 Å². The van der Waals surface area contributed by atoms with Crippen molar-refractivity contribution in [1.82, 2.24) is 15.3 Å². The van der Waals surface area contributed by atoms with Gasteiger partial charge in [0, 0.05) is 12.5 Å². The highest BCUT2D eigenvalue weighted by molar-refractivity contribution is 6.06. The van der Waals surface area contributed by atoms with E-state index < -0.39 is 11.0 Å². The van der Waals surface area contributed by atoms with Crippen LogP contribution in [-0.2, 0) is 9.53 Å². The summed E-state index contributed by atoms with van der Waals surface area (Å²) in [5.41, 5.74) is 1.21. The van der Waals surface area contributed by atoms with Crippen LogP contribution in [-0.4, -0.2) is 41.1 Å². The Labute approximate surface area is 231 Å². The van der Waals surface area contributed by atoms with Crippen molar-refractivity contribution in [1.29, 1.82) is 0 Å². The minimum Gasteiger partial charge on any atom is -0.494 e. The predicted octanol–water partition coefficient (Wildman–Crippen LogP) is 6.13. The van der Waals surface area contributed by atoms with E-state index in [1.165, 1.54) is 32.1 Å². The Hall–Kier alpha value is -2.57. The second-order valence-corrected chi connectivity index (χ2v) is 14.9. The van der Waals surface area contributed by atoms with E-state index in [1.54, 1.807) is 7.11 Å². The number of hydrogen-bond acceptors (Lipinski definition) is 5. The van der Waals surface area contributed by atoms with Gasteiger partial charge in [0.15, 0.2) is 0 Å². The van der Waals surface area contributed by atoms with Crippen LogP contribution in [0.2, 0.25) is 0 Å². The zero-order valence-electron chi connectivity index (χ0n) is 23.9. The highest BCUT2D eigenvalue weighted by Crippen LogP contribution is 2.65. The van der Waals surface area contributed by atoms with Gasteiger partial charge < -0.3 is 19.8 Å². The fourth-order valence-corrected chi connectivity index (χ4v) is 9.84. The van der Waals surface area contributed by atoms with Crippen LogP contribution < -0.4 is 10.1 Å². The predicted molar refractivity (Wildman–Crippen MR) is 149 cm³/mol. The molecule has 6 bridgehead atoms. The number of H-pyrrole nitrogens is 1. The third kappa shape index (κ3) is 4.26. The lowest BCUT2D eigenvalue weighted by molar-refractivity contribution is -0.190. The Bertz CT molecular complexity index is 1310. The lowest BCUT2D eigenvalue weighted by Crippen LogP contribution is -2.58. The summed E-state index contributed by atoms with van der Waals surface area (Å²) in [5.74, 6) is 4.68. The molecule has 2 aromatic rings. The molecule has 5 atom stereocenters. The van der Waals surface area contributed by atoms with E-state index in [4.69, 9.17) is 14.5 Å². The van der Waals surface area contributed by atoms with Gasteiger partial charge in [-0.2, -0.15) is 0 Å². The maximum atomic E-state index is 13.7. The Balaban J connectivity index is 1.13. The highest BCUT2D eigenvalue weighted by atomic mass is 16.6. The molecule has 0 spiro atoms. The van der Waals surface area contributed by atoms with Crippen LogP contribution in [0, 0.1) is 34.5 Å². The normalized spacial score (nSPS) is 36.5. The molecule has 7 nitrogen and oxygen atoms in total. The van der Waals surface area contributed by atoms with Crippen molar-refractivity contribution < 1.29 is 19.1 Å². The molecule has 8 rings (SSSR count). The van der Waals surface area contributed by atoms with Gasteiger partial charge in [-0.1, -0.05) is 6.42 Å². The summed E-state index contributed by atoms with van der Waals surface area (Å²) in [7, 11) is 1.67. The van der Waals surface area contributed by atoms with E-state index in [9.17, 15) is 9.59 Å². The van der Waals surface area contributed by atoms with E-state index in [1.807, 2.05) is 32.9 Å². The molecule has 5 unspecified atom stereocenters. The van der Waals surface area contributed by atoms with Gasteiger partial charge in [-0.25, -0.2) is 4.98 Å². The maximum Gasteiger partial charge on any atom is 0.312 e. The Morgan fingerprint density at radius 3 is 2.46 bits per heavy atom. The molecule has 1 aromatic heterocycles. The van der Waals surface area contributed by atoms with Crippen LogP contribution in [0.25, 0.3) is 11.0 Å². The monoisotopic (exact) mass is 533 g/mol. The van der Waals surface area contributed by atoms with Gasteiger partial charge in [-0.15, -0.1) is 0 Å². The van der Waals surface area contributed by atoms with E-state index in [0.29, 0.717) is 41.3 Å². The van der Waals surface area contributed by atoms with Crippen LogP contribution in [0.4, 0.5) is 0 Å². The molecule has 2 N–H and O–H groups in total. The summed E-state index contributed by atoms with van der Waals surface area (Å²) in [4.78, 5) is 35.7. The smallest absolute Gasteiger partial charge is 0.312 e. The Morgan fingerprint density at radius 1 is 1.05 bits per heavy atom. The van der Waals surface area contributed by atoms with Crippen molar-refractivity contribution >= 4 is 22.9 Å². The molecule has 39 heavy (non-hydrogen) atoms. The van der Waals surface area contributed by atoms with Crippen LogP contribution >= 0.6 is 0 Å². The number of benzene rings is 1. The van der Waals surface area contributed by atoms with E-state index in [-0.39, 0.29) is 17.3 Å². The number of ether oxygens (including phenoxy) is 2. The number of aromatic nitrogens is 2. The number of amides is 1. The molecule has 0 aliphatic heterocycles. The highest BCUT2D eigenvalue weighted by Gasteiger charge is 2.61. The standard InChI is InChI=1S/C32H43N3O4/c1-30(2,3)39-29(37)32-14-19-9-20(15-32)13-31(12-19,16-32)17-33-28(36)22-7-8-24(38-4)26-25(22)34-27(35-26)23-11-18-5-6-21(23)10-18/h7-8,18-21,23H,5-6,9-17H2,1-4H3,(H,33,36)(H,34,35). The number of methoxy groups -OCH3 is 1. The number of carbonyl (C=O) groups is 2. The summed E-state index contributed by atoms with van der Waals surface area (Å²) in [6, 6.07) is 3.73. The van der Waals surface area contributed by atoms with Gasteiger partial charge in [-0.3, -0.25) is 9.59 Å². The van der Waals surface area contributed by atoms with Crippen molar-refractivity contribution in [2.45, 2.75) is 96.5 Å². The summed E-state index contributed by atoms with van der Waals surface area (Å²) in [6.07, 6.45) is 11.2. The second kappa shape index (κ2) is 8.71. The quantitative estimate of drug-likeness (QED) is 0.436. The number of nitrogens with one attached hydrogen (secondary N) is 2. The number of carbonyl (C=O) groups excluding carboxylic acids is 2. The van der Waals surface area contributed by atoms with Crippen LogP contribution in [0.5, 0.6) is 5.75 Å². The topological polar surface area (TPSA) is 93.3 Å². The minimum atomic E-state index is -0.484. The molecule has 1 amide bonds. The first-order chi connectivity index (χ1) is 18.6. The number of aromatic amines is 1. The number of hydrogen-bond donors (Lipinski definition) is 2. The average molecular weight is 534 g/mol. The van der Waals surface area contributed by atoms with Gasteiger partial charge >= 0.3 is 5.97 Å². The molecule has 6 aliphatic carbocycles. The number of imidazole rings is 1. The van der Waals surface area contributed by atoms with E-state index in [0.717, 1.165) is 55.1 Å². The van der Waals surface area contributed by atoms with Crippen molar-refractivity contribution in [2.75, 3.05) is 13.7 Å². The molecule has 6 aliphatic rings. The van der Waals surface area contributed by atoms with Crippen LogP contribution in [0.1, 0.15) is 107 Å². The summed E-state index contributed by atoms with van der Waals surface area (Å²) < 4.78 is 11.6. The van der Waals surface area contributed by atoms with E-state index in [2.05, 4.69) is 10.3 Å². The molecule has 7 heteroatoms. The first kappa shape index (κ1) is 25.4. The molecule has 1 heterocycles. The number of nitrogens with zero attached hydrogens (tertiary/aromatic N) is 1. The van der Waals surface area contributed by atoms with Crippen molar-refractivity contribution in [3.05, 3.63) is 23.5 Å². The van der Waals surface area contributed by atoms with Crippen molar-refractivity contribution in [2.24, 2.45) is 34.5 Å². The molecule has 0 saturated heterocycles. The first-order valence-electron chi connectivity index (χ1n) is 15.1. The van der Waals surface area contributed by atoms with Crippen molar-refractivity contribution in [3.8, 4) is 5.75 Å².